The van der Waals surface area contributed by atoms with Crippen LogP contribution in [0, 0.1) is 5.92 Å². The Labute approximate surface area is 233 Å². The summed E-state index contributed by atoms with van der Waals surface area (Å²) in [4.78, 5) is 30.9. The molecule has 1 fully saturated rings. The Morgan fingerprint density at radius 3 is 2.62 bits per heavy atom. The Kier molecular flexibility index (Phi) is 7.83. The van der Waals surface area contributed by atoms with E-state index in [2.05, 4.69) is 26.2 Å². The summed E-state index contributed by atoms with van der Waals surface area (Å²) in [7, 11) is 1.44. The summed E-state index contributed by atoms with van der Waals surface area (Å²) in [5, 5.41) is 3.99. The van der Waals surface area contributed by atoms with Gasteiger partial charge in [0.2, 0.25) is 5.91 Å². The molecule has 0 aliphatic heterocycles. The molecule has 1 aliphatic carbocycles. The number of hydrogen-bond acceptors (Lipinski definition) is 6. The molecule has 1 atom stereocenters. The van der Waals surface area contributed by atoms with Crippen LogP contribution < -0.4 is 15.8 Å². The van der Waals surface area contributed by atoms with Crippen molar-refractivity contribution in [2.75, 3.05) is 19.0 Å². The van der Waals surface area contributed by atoms with Crippen molar-refractivity contribution < 1.29 is 19.1 Å². The van der Waals surface area contributed by atoms with Gasteiger partial charge in [-0.1, -0.05) is 39.1 Å². The first-order valence-corrected chi connectivity index (χ1v) is 13.2. The van der Waals surface area contributed by atoms with E-state index in [0.29, 0.717) is 46.0 Å². The van der Waals surface area contributed by atoms with Crippen molar-refractivity contribution in [3.8, 4) is 5.75 Å². The van der Waals surface area contributed by atoms with Gasteiger partial charge in [-0.15, -0.1) is 0 Å². The highest BCUT2D eigenvalue weighted by Crippen LogP contribution is 2.41. The molecule has 1 saturated carbocycles. The fourth-order valence-corrected chi connectivity index (χ4v) is 4.70. The predicted molar refractivity (Wildman–Crippen MR) is 147 cm³/mol. The van der Waals surface area contributed by atoms with Crippen LogP contribution in [0.3, 0.4) is 0 Å². The summed E-state index contributed by atoms with van der Waals surface area (Å²) >= 11 is 16.7. The van der Waals surface area contributed by atoms with Crippen LogP contribution in [0.15, 0.2) is 35.1 Å². The number of benzene rings is 1. The molecule has 2 heterocycles. The molecule has 37 heavy (non-hydrogen) atoms. The maximum Gasteiger partial charge on any atom is 0.411 e. The van der Waals surface area contributed by atoms with Gasteiger partial charge in [-0.3, -0.25) is 14.1 Å². The third-order valence-electron chi connectivity index (χ3n) is 5.71. The van der Waals surface area contributed by atoms with Gasteiger partial charge in [-0.05, 0) is 57.7 Å². The maximum atomic E-state index is 12.8. The first-order chi connectivity index (χ1) is 17.4. The van der Waals surface area contributed by atoms with E-state index in [1.165, 1.54) is 13.2 Å². The van der Waals surface area contributed by atoms with E-state index in [0.717, 1.165) is 22.2 Å². The Morgan fingerprint density at radius 2 is 2.03 bits per heavy atom. The van der Waals surface area contributed by atoms with E-state index >= 15 is 0 Å². The Balaban J connectivity index is 1.79. The molecule has 2 aromatic heterocycles. The van der Waals surface area contributed by atoms with Crippen molar-refractivity contribution in [3.63, 3.8) is 0 Å². The molecule has 2 amide bonds. The number of amides is 2. The number of imidazole rings is 1. The zero-order valence-corrected chi connectivity index (χ0v) is 23.9. The van der Waals surface area contributed by atoms with E-state index in [9.17, 15) is 9.59 Å². The molecule has 3 N–H and O–H groups in total. The molecule has 0 bridgehead atoms. The average molecular weight is 613 g/mol. The highest BCUT2D eigenvalue weighted by molar-refractivity contribution is 9.10. The van der Waals surface area contributed by atoms with Crippen molar-refractivity contribution in [2.24, 2.45) is 11.7 Å². The lowest BCUT2D eigenvalue weighted by atomic mass is 10.1. The van der Waals surface area contributed by atoms with Crippen molar-refractivity contribution in [1.82, 2.24) is 14.3 Å². The summed E-state index contributed by atoms with van der Waals surface area (Å²) in [6.45, 7) is 5.72. The lowest BCUT2D eigenvalue weighted by Crippen LogP contribution is -2.42. The summed E-state index contributed by atoms with van der Waals surface area (Å²) in [5.41, 5.74) is 6.77. The van der Waals surface area contributed by atoms with Gasteiger partial charge in [0.05, 0.1) is 35.4 Å². The number of nitrogens with one attached hydrogen (secondary N) is 1. The fraction of sp³-hybridized carbons (Fsp3) is 0.400. The number of fused-ring (bicyclic) bond motifs is 1. The van der Waals surface area contributed by atoms with Gasteiger partial charge in [0, 0.05) is 11.5 Å². The largest absolute Gasteiger partial charge is 0.489 e. The second-order valence-corrected chi connectivity index (χ2v) is 11.7. The SMILES string of the molecule is CN(C(=O)OC(C)(C)C)C(C(N)=O)c1cnc2c(Cl)c(Nc3ccc(Br)cc3Cl)c(OCC3CC3)cn12. The van der Waals surface area contributed by atoms with E-state index in [1.54, 1.807) is 37.4 Å². The minimum absolute atomic E-state index is 0.252. The van der Waals surface area contributed by atoms with Gasteiger partial charge >= 0.3 is 6.09 Å². The predicted octanol–water partition coefficient (Wildman–Crippen LogP) is 6.33. The molecular weight excluding hydrogens is 585 g/mol. The minimum atomic E-state index is -1.17. The number of rotatable bonds is 8. The van der Waals surface area contributed by atoms with Crippen molar-refractivity contribution in [1.29, 1.82) is 0 Å². The van der Waals surface area contributed by atoms with Crippen molar-refractivity contribution >= 4 is 68.2 Å². The molecule has 198 valence electrons. The van der Waals surface area contributed by atoms with Crippen molar-refractivity contribution in [3.05, 3.63) is 50.8 Å². The number of halogens is 3. The van der Waals surface area contributed by atoms with Crippen LogP contribution in [0.2, 0.25) is 10.0 Å². The third-order valence-corrected chi connectivity index (χ3v) is 6.88. The van der Waals surface area contributed by atoms with Crippen LogP contribution in [0.4, 0.5) is 16.2 Å². The molecule has 3 aromatic rings. The van der Waals surface area contributed by atoms with Gasteiger partial charge in [-0.2, -0.15) is 0 Å². The van der Waals surface area contributed by atoms with Gasteiger partial charge in [0.25, 0.3) is 0 Å². The molecular formula is C25H28BrCl2N5O4. The molecule has 0 radical (unpaired) electrons. The number of primary amides is 1. The molecule has 1 aromatic carbocycles. The van der Waals surface area contributed by atoms with E-state index in [1.807, 2.05) is 12.1 Å². The lowest BCUT2D eigenvalue weighted by molar-refractivity contribution is -0.123. The molecule has 1 aliphatic rings. The number of ether oxygens (including phenoxy) is 2. The zero-order valence-electron chi connectivity index (χ0n) is 20.8. The molecule has 12 heteroatoms. The quantitative estimate of drug-likeness (QED) is 0.307. The average Bonchev–Trinajstić information content (AvgIpc) is 3.53. The Bertz CT molecular complexity index is 1350. The molecule has 0 saturated heterocycles. The van der Waals surface area contributed by atoms with E-state index < -0.39 is 23.6 Å². The summed E-state index contributed by atoms with van der Waals surface area (Å²) < 4.78 is 14.0. The smallest absolute Gasteiger partial charge is 0.411 e. The fourth-order valence-electron chi connectivity index (χ4n) is 3.69. The summed E-state index contributed by atoms with van der Waals surface area (Å²) in [6.07, 6.45) is 4.62. The van der Waals surface area contributed by atoms with Crippen LogP contribution in [-0.2, 0) is 9.53 Å². The third kappa shape index (κ3) is 6.25. The normalized spacial score (nSPS) is 14.4. The molecule has 0 spiro atoms. The number of carbonyl (C=O) groups is 2. The van der Waals surface area contributed by atoms with Gasteiger partial charge in [-0.25, -0.2) is 9.78 Å². The molecule has 9 nitrogen and oxygen atoms in total. The summed E-state index contributed by atoms with van der Waals surface area (Å²) in [6, 6.07) is 4.26. The highest BCUT2D eigenvalue weighted by Gasteiger charge is 2.33. The number of carbonyl (C=O) groups excluding carboxylic acids is 2. The molecule has 4 rings (SSSR count). The second-order valence-electron chi connectivity index (χ2n) is 9.96. The zero-order chi connectivity index (χ0) is 27.1. The number of anilines is 2. The number of likely N-dealkylation sites (N-methyl/N-ethyl adjacent to an activating group) is 1. The number of hydrogen-bond donors (Lipinski definition) is 2. The first-order valence-electron chi connectivity index (χ1n) is 11.6. The van der Waals surface area contributed by atoms with E-state index in [-0.39, 0.29) is 5.02 Å². The van der Waals surface area contributed by atoms with Crippen LogP contribution in [-0.4, -0.2) is 45.5 Å². The van der Waals surface area contributed by atoms with Crippen LogP contribution in [0.1, 0.15) is 45.3 Å². The Hall–Kier alpha value is -2.69. The van der Waals surface area contributed by atoms with Gasteiger partial charge in [0.1, 0.15) is 16.3 Å². The number of nitrogens with two attached hydrogens (primary N) is 1. The number of aromatic nitrogens is 2. The minimum Gasteiger partial charge on any atom is -0.489 e. The standard InChI is InChI=1S/C25H28BrCl2N5O4/c1-25(2,3)37-24(35)32(4)21(22(29)34)17-10-30-23-19(28)20(31-16-8-7-14(26)9-15(16)27)18(11-33(17)23)36-12-13-5-6-13/h7-11,13,21,31H,5-6,12H2,1-4H3,(H2,29,34). The van der Waals surface area contributed by atoms with Crippen LogP contribution in [0.5, 0.6) is 5.75 Å². The molecule has 1 unspecified atom stereocenters. The van der Waals surface area contributed by atoms with Gasteiger partial charge in [0.15, 0.2) is 17.4 Å². The van der Waals surface area contributed by atoms with Gasteiger partial charge < -0.3 is 20.5 Å². The number of nitrogens with zero attached hydrogens (tertiary/aromatic N) is 3. The monoisotopic (exact) mass is 611 g/mol. The topological polar surface area (TPSA) is 111 Å². The number of pyridine rings is 1. The van der Waals surface area contributed by atoms with Crippen molar-refractivity contribution in [2.45, 2.75) is 45.3 Å². The second kappa shape index (κ2) is 10.6. The Morgan fingerprint density at radius 1 is 1.32 bits per heavy atom. The van der Waals surface area contributed by atoms with Crippen LogP contribution >= 0.6 is 39.1 Å². The summed E-state index contributed by atoms with van der Waals surface area (Å²) in [5.74, 6) is 0.152. The highest BCUT2D eigenvalue weighted by atomic mass is 79.9. The first kappa shape index (κ1) is 27.3. The lowest BCUT2D eigenvalue weighted by Gasteiger charge is -2.29. The maximum absolute atomic E-state index is 12.8. The van der Waals surface area contributed by atoms with Crippen LogP contribution in [0.25, 0.3) is 5.65 Å². The van der Waals surface area contributed by atoms with E-state index in [4.69, 9.17) is 38.4 Å².